The van der Waals surface area contributed by atoms with Crippen molar-refractivity contribution in [2.45, 2.75) is 17.2 Å². The van der Waals surface area contributed by atoms with Gasteiger partial charge >= 0.3 is 12.4 Å². The van der Waals surface area contributed by atoms with Crippen LogP contribution >= 0.6 is 23.2 Å². The molecule has 1 N–H and O–H groups in total. The summed E-state index contributed by atoms with van der Waals surface area (Å²) in [5.41, 5.74) is -5.42. The molecule has 1 heterocycles. The second-order valence-corrected chi connectivity index (χ2v) is 8.71. The summed E-state index contributed by atoms with van der Waals surface area (Å²) in [7, 11) is -5.27. The number of alkyl halides is 6. The van der Waals surface area contributed by atoms with Crippen molar-refractivity contribution in [3.63, 3.8) is 0 Å². The molecule has 0 aliphatic carbocycles. The number of amides is 1. The Morgan fingerprint density at radius 3 is 2.21 bits per heavy atom. The summed E-state index contributed by atoms with van der Waals surface area (Å²) in [6, 6.07) is 6.17. The van der Waals surface area contributed by atoms with E-state index in [1.807, 2.05) is 0 Å². The standard InChI is InChI=1S/C17H8Cl2F6N4O3S/c18-8-5-6-10(19)11(7-8)29-14(17(23,24)25)13(26-28-29)15(30)27-33(31,32)12-4-2-1-3-9(12)16(20,21)22/h1-7H,(H,27,30). The zero-order valence-electron chi connectivity index (χ0n) is 15.5. The van der Waals surface area contributed by atoms with Crippen LogP contribution in [0.5, 0.6) is 0 Å². The van der Waals surface area contributed by atoms with Crippen LogP contribution in [0.3, 0.4) is 0 Å². The van der Waals surface area contributed by atoms with Crippen molar-refractivity contribution < 1.29 is 39.6 Å². The van der Waals surface area contributed by atoms with Crippen molar-refractivity contribution in [1.82, 2.24) is 19.7 Å². The fourth-order valence-corrected chi connectivity index (χ4v) is 4.21. The number of hydrogen-bond donors (Lipinski definition) is 1. The molecule has 0 saturated heterocycles. The predicted molar refractivity (Wildman–Crippen MR) is 102 cm³/mol. The fourth-order valence-electron chi connectivity index (χ4n) is 2.67. The lowest BCUT2D eigenvalue weighted by atomic mass is 10.2. The maximum absolute atomic E-state index is 13.7. The van der Waals surface area contributed by atoms with E-state index in [-0.39, 0.29) is 14.7 Å². The van der Waals surface area contributed by atoms with Crippen molar-refractivity contribution >= 4 is 39.1 Å². The van der Waals surface area contributed by atoms with Crippen molar-refractivity contribution in [1.29, 1.82) is 0 Å². The summed E-state index contributed by atoms with van der Waals surface area (Å²) < 4.78 is 107. The van der Waals surface area contributed by atoms with E-state index in [1.165, 1.54) is 6.07 Å². The molecule has 0 fully saturated rings. The third-order valence-electron chi connectivity index (χ3n) is 4.00. The Morgan fingerprint density at radius 1 is 0.970 bits per heavy atom. The third kappa shape index (κ3) is 5.07. The van der Waals surface area contributed by atoms with Crippen LogP contribution in [-0.4, -0.2) is 29.3 Å². The highest BCUT2D eigenvalue weighted by Gasteiger charge is 2.44. The lowest BCUT2D eigenvalue weighted by Gasteiger charge is -2.14. The molecule has 0 radical (unpaired) electrons. The minimum absolute atomic E-state index is 0.0460. The minimum Gasteiger partial charge on any atom is -0.266 e. The Balaban J connectivity index is 2.09. The molecule has 7 nitrogen and oxygen atoms in total. The molecule has 0 bridgehead atoms. The largest absolute Gasteiger partial charge is 0.435 e. The van der Waals surface area contributed by atoms with E-state index in [1.54, 1.807) is 0 Å². The number of carbonyl (C=O) groups excluding carboxylic acids is 1. The molecule has 3 aromatic rings. The van der Waals surface area contributed by atoms with E-state index in [9.17, 15) is 39.6 Å². The van der Waals surface area contributed by atoms with E-state index in [4.69, 9.17) is 23.2 Å². The van der Waals surface area contributed by atoms with Crippen LogP contribution in [0.25, 0.3) is 5.69 Å². The van der Waals surface area contributed by atoms with Gasteiger partial charge in [0.25, 0.3) is 15.9 Å². The van der Waals surface area contributed by atoms with E-state index >= 15 is 0 Å². The Labute approximate surface area is 191 Å². The van der Waals surface area contributed by atoms with Crippen molar-refractivity contribution in [3.05, 3.63) is 69.5 Å². The first-order chi connectivity index (χ1) is 15.1. The maximum atomic E-state index is 13.7. The number of nitrogens with zero attached hydrogens (tertiary/aromatic N) is 3. The number of aromatic nitrogens is 3. The normalized spacial score (nSPS) is 12.6. The number of nitrogens with one attached hydrogen (secondary N) is 1. The molecule has 0 aliphatic rings. The number of hydrogen-bond acceptors (Lipinski definition) is 5. The van der Waals surface area contributed by atoms with Gasteiger partial charge in [-0.25, -0.2) is 17.8 Å². The first-order valence-electron chi connectivity index (χ1n) is 8.34. The van der Waals surface area contributed by atoms with Crippen molar-refractivity contribution in [2.75, 3.05) is 0 Å². The first-order valence-corrected chi connectivity index (χ1v) is 10.6. The van der Waals surface area contributed by atoms with Gasteiger partial charge in [-0.1, -0.05) is 40.5 Å². The molecule has 1 amide bonds. The molecule has 2 aromatic carbocycles. The molecule has 1 aromatic heterocycles. The van der Waals surface area contributed by atoms with Crippen LogP contribution in [0.2, 0.25) is 10.0 Å². The minimum atomic E-state index is -5.31. The average Bonchev–Trinajstić information content (AvgIpc) is 3.14. The van der Waals surface area contributed by atoms with Crippen LogP contribution in [-0.2, 0) is 22.4 Å². The summed E-state index contributed by atoms with van der Waals surface area (Å²) in [5.74, 6) is -1.97. The van der Waals surface area contributed by atoms with Gasteiger partial charge in [0, 0.05) is 5.02 Å². The van der Waals surface area contributed by atoms with Crippen LogP contribution in [0.1, 0.15) is 21.7 Å². The number of halogens is 8. The number of sulfonamides is 1. The SMILES string of the molecule is O=C(NS(=O)(=O)c1ccccc1C(F)(F)F)c1nnn(-c2cc(Cl)ccc2Cl)c1C(F)(F)F. The number of carbonyl (C=O) groups is 1. The Morgan fingerprint density at radius 2 is 1.61 bits per heavy atom. The van der Waals surface area contributed by atoms with E-state index in [0.717, 1.165) is 29.0 Å². The summed E-state index contributed by atoms with van der Waals surface area (Å²) >= 11 is 11.6. The molecule has 0 unspecified atom stereocenters. The maximum Gasteiger partial charge on any atom is 0.435 e. The second kappa shape index (κ2) is 8.50. The zero-order valence-corrected chi connectivity index (χ0v) is 17.9. The first kappa shape index (κ1) is 24.8. The molecule has 16 heteroatoms. The highest BCUT2D eigenvalue weighted by Crippen LogP contribution is 2.36. The van der Waals surface area contributed by atoms with Gasteiger partial charge in [-0.15, -0.1) is 5.10 Å². The van der Waals surface area contributed by atoms with Gasteiger partial charge in [0.2, 0.25) is 0 Å². The van der Waals surface area contributed by atoms with Crippen LogP contribution in [0.15, 0.2) is 47.4 Å². The number of benzene rings is 2. The van der Waals surface area contributed by atoms with Crippen LogP contribution < -0.4 is 4.72 Å². The molecule has 3 rings (SSSR count). The van der Waals surface area contributed by atoms with E-state index in [2.05, 4.69) is 10.3 Å². The predicted octanol–water partition coefficient (Wildman–Crippen LogP) is 4.73. The van der Waals surface area contributed by atoms with Crippen LogP contribution in [0.4, 0.5) is 26.3 Å². The lowest BCUT2D eigenvalue weighted by Crippen LogP contribution is -2.34. The average molecular weight is 533 g/mol. The van der Waals surface area contributed by atoms with Gasteiger partial charge in [-0.3, -0.25) is 4.79 Å². The van der Waals surface area contributed by atoms with Gasteiger partial charge in [-0.2, -0.15) is 26.3 Å². The van der Waals surface area contributed by atoms with Gasteiger partial charge in [-0.05, 0) is 30.3 Å². The quantitative estimate of drug-likeness (QED) is 0.490. The molecule has 0 atom stereocenters. The molecular weight excluding hydrogens is 525 g/mol. The summed E-state index contributed by atoms with van der Waals surface area (Å²) in [6.07, 6.45) is -10.4. The molecular formula is C17H8Cl2F6N4O3S. The van der Waals surface area contributed by atoms with E-state index < -0.39 is 55.8 Å². The lowest BCUT2D eigenvalue weighted by molar-refractivity contribution is -0.143. The van der Waals surface area contributed by atoms with Crippen molar-refractivity contribution in [2.24, 2.45) is 0 Å². The van der Waals surface area contributed by atoms with Crippen molar-refractivity contribution in [3.8, 4) is 5.69 Å². The Kier molecular flexibility index (Phi) is 6.39. The smallest absolute Gasteiger partial charge is 0.266 e. The fraction of sp³-hybridized carbons (Fsp3) is 0.118. The molecule has 33 heavy (non-hydrogen) atoms. The molecule has 0 spiro atoms. The van der Waals surface area contributed by atoms with Gasteiger partial charge in [0.15, 0.2) is 11.4 Å². The monoisotopic (exact) mass is 532 g/mol. The zero-order chi connectivity index (χ0) is 24.8. The topological polar surface area (TPSA) is 93.9 Å². The third-order valence-corrected chi connectivity index (χ3v) is 5.94. The summed E-state index contributed by atoms with van der Waals surface area (Å²) in [6.45, 7) is 0. The number of rotatable bonds is 4. The molecule has 0 saturated carbocycles. The van der Waals surface area contributed by atoms with E-state index in [0.29, 0.717) is 12.1 Å². The highest BCUT2D eigenvalue weighted by atomic mass is 35.5. The molecule has 0 aliphatic heterocycles. The Bertz CT molecular complexity index is 1340. The highest BCUT2D eigenvalue weighted by molar-refractivity contribution is 7.90. The summed E-state index contributed by atoms with van der Waals surface area (Å²) in [5, 5.41) is 5.96. The van der Waals surface area contributed by atoms with Crippen LogP contribution in [0, 0.1) is 0 Å². The van der Waals surface area contributed by atoms with Gasteiger partial charge < -0.3 is 0 Å². The van der Waals surface area contributed by atoms with Gasteiger partial charge in [0.1, 0.15) is 0 Å². The van der Waals surface area contributed by atoms with Gasteiger partial charge in [0.05, 0.1) is 21.2 Å². The molecule has 176 valence electrons. The Hall–Kier alpha value is -2.84. The summed E-state index contributed by atoms with van der Waals surface area (Å²) in [4.78, 5) is 11.0. The second-order valence-electron chi connectivity index (χ2n) is 6.22.